The van der Waals surface area contributed by atoms with Gasteiger partial charge < -0.3 is 4.90 Å². The molecule has 1 aliphatic heterocycles. The maximum absolute atomic E-state index is 13.3. The molecule has 0 radical (unpaired) electrons. The topological polar surface area (TPSA) is 63.4 Å². The van der Waals surface area contributed by atoms with E-state index in [1.165, 1.54) is 4.70 Å². The first-order valence-electron chi connectivity index (χ1n) is 11.5. The lowest BCUT2D eigenvalue weighted by molar-refractivity contribution is -0.132. The zero-order valence-electron chi connectivity index (χ0n) is 18.8. The van der Waals surface area contributed by atoms with Gasteiger partial charge in [-0.3, -0.25) is 4.79 Å². The number of rotatable bonds is 4. The Balaban J connectivity index is 1.25. The van der Waals surface area contributed by atoms with Gasteiger partial charge in [0, 0.05) is 29.7 Å². The van der Waals surface area contributed by atoms with Crippen molar-refractivity contribution < 1.29 is 4.79 Å². The summed E-state index contributed by atoms with van der Waals surface area (Å²) in [5.41, 5.74) is 5.99. The van der Waals surface area contributed by atoms with E-state index in [9.17, 15) is 4.79 Å². The molecule has 3 aromatic heterocycles. The lowest BCUT2D eigenvalue weighted by atomic mass is 10.1. The van der Waals surface area contributed by atoms with Crippen LogP contribution >= 0.6 is 11.3 Å². The number of aryl methyl sites for hydroxylation is 2. The fraction of sp³-hybridized carbons (Fsp3) is 0.308. The summed E-state index contributed by atoms with van der Waals surface area (Å²) in [5.74, 6) is 0.196. The van der Waals surface area contributed by atoms with E-state index >= 15 is 0 Å². The van der Waals surface area contributed by atoms with Gasteiger partial charge >= 0.3 is 0 Å². The predicted molar refractivity (Wildman–Crippen MR) is 132 cm³/mol. The standard InChI is InChI=1S/C26H25N5OS/c1-16-18(17(2)31-25(27-16)19-8-3-4-9-20(19)29-31)13-14-24(32)30-15-7-11-22(30)26-28-21-10-5-6-12-23(21)33-26/h3-6,8-10,12,22H,7,11,13-15H2,1-2H3/t22-/m0/s1. The fourth-order valence-corrected chi connectivity index (χ4v) is 6.18. The molecular formula is C26H25N5OS. The first kappa shape index (κ1) is 20.3. The molecule has 1 atom stereocenters. The average molecular weight is 456 g/mol. The van der Waals surface area contributed by atoms with Crippen LogP contribution in [0.5, 0.6) is 0 Å². The van der Waals surface area contributed by atoms with Crippen molar-refractivity contribution in [3.05, 3.63) is 70.5 Å². The molecule has 166 valence electrons. The van der Waals surface area contributed by atoms with E-state index in [1.54, 1.807) is 11.3 Å². The minimum atomic E-state index is 0.0918. The molecule has 6 rings (SSSR count). The Hall–Kier alpha value is -3.32. The maximum atomic E-state index is 13.3. The van der Waals surface area contributed by atoms with E-state index in [-0.39, 0.29) is 11.9 Å². The van der Waals surface area contributed by atoms with Crippen LogP contribution in [0.25, 0.3) is 26.8 Å². The zero-order chi connectivity index (χ0) is 22.5. The van der Waals surface area contributed by atoms with E-state index in [0.717, 1.165) is 63.4 Å². The van der Waals surface area contributed by atoms with Crippen LogP contribution in [0.3, 0.4) is 0 Å². The molecule has 4 heterocycles. The fourth-order valence-electron chi connectivity index (χ4n) is 5.07. The second kappa shape index (κ2) is 7.92. The first-order chi connectivity index (χ1) is 16.1. The van der Waals surface area contributed by atoms with Crippen molar-refractivity contribution in [1.29, 1.82) is 0 Å². The lowest BCUT2D eigenvalue weighted by Crippen LogP contribution is -2.30. The highest BCUT2D eigenvalue weighted by Crippen LogP contribution is 2.37. The van der Waals surface area contributed by atoms with Gasteiger partial charge in [-0.25, -0.2) is 14.5 Å². The van der Waals surface area contributed by atoms with Crippen LogP contribution in [-0.4, -0.2) is 36.9 Å². The zero-order valence-corrected chi connectivity index (χ0v) is 19.6. The Morgan fingerprint density at radius 1 is 1.06 bits per heavy atom. The summed E-state index contributed by atoms with van der Waals surface area (Å²) in [6, 6.07) is 16.4. The number of carbonyl (C=O) groups is 1. The second-order valence-corrected chi connectivity index (χ2v) is 9.84. The Kier molecular flexibility index (Phi) is 4.87. The third kappa shape index (κ3) is 3.38. The van der Waals surface area contributed by atoms with Crippen LogP contribution in [-0.2, 0) is 11.2 Å². The minimum Gasteiger partial charge on any atom is -0.333 e. The summed E-state index contributed by atoms with van der Waals surface area (Å²) in [6.07, 6.45) is 3.14. The van der Waals surface area contributed by atoms with Gasteiger partial charge in [-0.2, -0.15) is 5.10 Å². The van der Waals surface area contributed by atoms with Gasteiger partial charge in [-0.15, -0.1) is 11.3 Å². The number of hydrogen-bond donors (Lipinski definition) is 0. The van der Waals surface area contributed by atoms with Gasteiger partial charge in [0.1, 0.15) is 5.01 Å². The van der Waals surface area contributed by atoms with E-state index in [2.05, 4.69) is 19.1 Å². The molecule has 0 N–H and O–H groups in total. The van der Waals surface area contributed by atoms with Crippen molar-refractivity contribution in [3.63, 3.8) is 0 Å². The van der Waals surface area contributed by atoms with E-state index in [1.807, 2.05) is 52.7 Å². The van der Waals surface area contributed by atoms with Crippen LogP contribution in [0.2, 0.25) is 0 Å². The number of likely N-dealkylation sites (tertiary alicyclic amines) is 1. The predicted octanol–water partition coefficient (Wildman–Crippen LogP) is 5.41. The van der Waals surface area contributed by atoms with Gasteiger partial charge in [0.2, 0.25) is 5.91 Å². The van der Waals surface area contributed by atoms with Crippen LogP contribution in [0.15, 0.2) is 48.5 Å². The molecule has 7 heteroatoms. The second-order valence-electron chi connectivity index (χ2n) is 8.78. The minimum absolute atomic E-state index is 0.0918. The average Bonchev–Trinajstić information content (AvgIpc) is 3.55. The molecular weight excluding hydrogens is 430 g/mol. The highest BCUT2D eigenvalue weighted by atomic mass is 32.1. The number of fused-ring (bicyclic) bond motifs is 4. The quantitative estimate of drug-likeness (QED) is 0.364. The summed E-state index contributed by atoms with van der Waals surface area (Å²) >= 11 is 1.71. The van der Waals surface area contributed by atoms with Gasteiger partial charge in [0.25, 0.3) is 0 Å². The van der Waals surface area contributed by atoms with Crippen LogP contribution in [0.4, 0.5) is 0 Å². The number of amides is 1. The van der Waals surface area contributed by atoms with Crippen molar-refractivity contribution in [1.82, 2.24) is 24.5 Å². The molecule has 0 aliphatic carbocycles. The van der Waals surface area contributed by atoms with Crippen molar-refractivity contribution in [3.8, 4) is 0 Å². The normalized spacial score (nSPS) is 16.4. The molecule has 1 saturated heterocycles. The van der Waals surface area contributed by atoms with E-state index in [4.69, 9.17) is 15.1 Å². The summed E-state index contributed by atoms with van der Waals surface area (Å²) in [6.45, 7) is 4.92. The molecule has 0 bridgehead atoms. The summed E-state index contributed by atoms with van der Waals surface area (Å²) < 4.78 is 3.11. The van der Waals surface area contributed by atoms with Crippen molar-refractivity contribution in [2.75, 3.05) is 6.54 Å². The van der Waals surface area contributed by atoms with E-state index in [0.29, 0.717) is 12.8 Å². The SMILES string of the molecule is Cc1nc2c3ccccc3nn2c(C)c1CCC(=O)N1CCC[C@H]1c1nc2ccccc2s1. The Morgan fingerprint density at radius 2 is 1.85 bits per heavy atom. The third-order valence-corrected chi connectivity index (χ3v) is 7.91. The van der Waals surface area contributed by atoms with Crippen molar-refractivity contribution >= 4 is 44.0 Å². The molecule has 0 unspecified atom stereocenters. The Morgan fingerprint density at radius 3 is 2.70 bits per heavy atom. The largest absolute Gasteiger partial charge is 0.333 e. The number of carbonyl (C=O) groups excluding carboxylic acids is 1. The summed E-state index contributed by atoms with van der Waals surface area (Å²) in [5, 5.41) is 6.86. The maximum Gasteiger partial charge on any atom is 0.223 e. The molecule has 5 aromatic rings. The highest BCUT2D eigenvalue weighted by Gasteiger charge is 2.32. The Bertz CT molecular complexity index is 1480. The molecule has 33 heavy (non-hydrogen) atoms. The van der Waals surface area contributed by atoms with Gasteiger partial charge in [-0.1, -0.05) is 24.3 Å². The van der Waals surface area contributed by atoms with Gasteiger partial charge in [-0.05, 0) is 62.9 Å². The number of benzene rings is 2. The molecule has 1 aliphatic rings. The Labute approximate surface area is 195 Å². The summed E-state index contributed by atoms with van der Waals surface area (Å²) in [4.78, 5) is 25.0. The number of aromatic nitrogens is 4. The summed E-state index contributed by atoms with van der Waals surface area (Å²) in [7, 11) is 0. The van der Waals surface area contributed by atoms with Crippen LogP contribution in [0.1, 0.15) is 47.3 Å². The van der Waals surface area contributed by atoms with Crippen LogP contribution in [0, 0.1) is 13.8 Å². The monoisotopic (exact) mass is 455 g/mol. The number of hydrogen-bond acceptors (Lipinski definition) is 5. The number of para-hydroxylation sites is 1. The molecule has 6 nitrogen and oxygen atoms in total. The number of nitrogens with zero attached hydrogens (tertiary/aromatic N) is 5. The van der Waals surface area contributed by atoms with Crippen molar-refractivity contribution in [2.24, 2.45) is 0 Å². The molecule has 1 fully saturated rings. The molecule has 1 amide bonds. The van der Waals surface area contributed by atoms with E-state index < -0.39 is 0 Å². The third-order valence-electron chi connectivity index (χ3n) is 6.78. The van der Waals surface area contributed by atoms with Gasteiger partial charge in [0.05, 0.1) is 21.8 Å². The van der Waals surface area contributed by atoms with Crippen molar-refractivity contribution in [2.45, 2.75) is 45.6 Å². The molecule has 2 aromatic carbocycles. The lowest BCUT2D eigenvalue weighted by Gasteiger charge is -2.23. The first-order valence-corrected chi connectivity index (χ1v) is 12.3. The number of thiazole rings is 1. The van der Waals surface area contributed by atoms with Gasteiger partial charge in [0.15, 0.2) is 5.65 Å². The smallest absolute Gasteiger partial charge is 0.223 e. The van der Waals surface area contributed by atoms with Crippen LogP contribution < -0.4 is 0 Å². The molecule has 0 spiro atoms. The highest BCUT2D eigenvalue weighted by molar-refractivity contribution is 7.18. The molecule has 0 saturated carbocycles.